The van der Waals surface area contributed by atoms with Crippen LogP contribution in [0.3, 0.4) is 0 Å². The highest BCUT2D eigenvalue weighted by Gasteiger charge is 2.37. The fraction of sp³-hybridized carbons (Fsp3) is 0.583. The topological polar surface area (TPSA) is 76.5 Å². The fourth-order valence-corrected chi connectivity index (χ4v) is 2.99. The van der Waals surface area contributed by atoms with E-state index in [0.717, 1.165) is 6.26 Å². The van der Waals surface area contributed by atoms with Gasteiger partial charge in [0.1, 0.15) is 5.60 Å². The minimum atomic E-state index is -3.42. The molecule has 1 aromatic heterocycles. The van der Waals surface area contributed by atoms with E-state index in [1.54, 1.807) is 18.3 Å². The molecule has 100 valence electrons. The van der Waals surface area contributed by atoms with Crippen molar-refractivity contribution in [1.82, 2.24) is 4.98 Å². The van der Waals surface area contributed by atoms with Crippen LogP contribution in [0.5, 0.6) is 0 Å². The Labute approximate surface area is 107 Å². The first-order valence-electron chi connectivity index (χ1n) is 5.91. The third kappa shape index (κ3) is 3.28. The van der Waals surface area contributed by atoms with E-state index in [0.29, 0.717) is 31.4 Å². The van der Waals surface area contributed by atoms with Crippen LogP contribution in [0.4, 0.5) is 0 Å². The molecule has 0 saturated heterocycles. The molecule has 0 aromatic carbocycles. The maximum atomic E-state index is 11.0. The molecule has 0 aliphatic heterocycles. The Kier molecular flexibility index (Phi) is 3.70. The van der Waals surface area contributed by atoms with Crippen LogP contribution in [-0.2, 0) is 19.9 Å². The molecule has 1 aliphatic carbocycles. The van der Waals surface area contributed by atoms with Crippen LogP contribution in [0.2, 0.25) is 0 Å². The Hall–Kier alpha value is -0.980. The number of hydrogen-bond donors (Lipinski definition) is 1. The van der Waals surface area contributed by atoms with Gasteiger partial charge in [0, 0.05) is 6.20 Å². The fourth-order valence-electron chi connectivity index (χ4n) is 2.31. The monoisotopic (exact) mass is 271 g/mol. The summed E-state index contributed by atoms with van der Waals surface area (Å²) < 4.78 is 27.0. The van der Waals surface area contributed by atoms with Gasteiger partial charge in [-0.05, 0) is 37.8 Å². The molecule has 1 aromatic rings. The number of rotatable bonds is 3. The Bertz CT molecular complexity index is 492. The molecule has 0 amide bonds. The zero-order chi connectivity index (χ0) is 13.2. The first kappa shape index (κ1) is 13.5. The Morgan fingerprint density at radius 2 is 2.06 bits per heavy atom. The van der Waals surface area contributed by atoms with E-state index in [1.807, 2.05) is 6.07 Å². The van der Waals surface area contributed by atoms with Crippen LogP contribution >= 0.6 is 0 Å². The highest BCUT2D eigenvalue weighted by atomic mass is 32.2. The molecule has 5 nitrogen and oxygen atoms in total. The van der Waals surface area contributed by atoms with Crippen molar-refractivity contribution < 1.29 is 17.7 Å². The molecule has 0 atom stereocenters. The van der Waals surface area contributed by atoms with Gasteiger partial charge in [-0.3, -0.25) is 9.17 Å². The Morgan fingerprint density at radius 1 is 1.39 bits per heavy atom. The van der Waals surface area contributed by atoms with Crippen LogP contribution in [-0.4, -0.2) is 30.9 Å². The zero-order valence-corrected chi connectivity index (χ0v) is 11.1. The van der Waals surface area contributed by atoms with Gasteiger partial charge in [-0.1, -0.05) is 6.07 Å². The van der Waals surface area contributed by atoms with E-state index < -0.39 is 15.7 Å². The maximum absolute atomic E-state index is 11.0. The molecule has 0 unspecified atom stereocenters. The average Bonchev–Trinajstić information content (AvgIpc) is 2.32. The lowest BCUT2D eigenvalue weighted by Crippen LogP contribution is -2.35. The molecule has 1 fully saturated rings. The van der Waals surface area contributed by atoms with Gasteiger partial charge in [-0.15, -0.1) is 0 Å². The second kappa shape index (κ2) is 4.95. The minimum Gasteiger partial charge on any atom is -0.384 e. The summed E-state index contributed by atoms with van der Waals surface area (Å²) in [6, 6.07) is 5.42. The lowest BCUT2D eigenvalue weighted by Gasteiger charge is -2.34. The van der Waals surface area contributed by atoms with Gasteiger partial charge >= 0.3 is 0 Å². The molecule has 1 saturated carbocycles. The molecule has 6 heteroatoms. The van der Waals surface area contributed by atoms with E-state index in [1.165, 1.54) is 0 Å². The van der Waals surface area contributed by atoms with Crippen molar-refractivity contribution in [3.05, 3.63) is 30.1 Å². The van der Waals surface area contributed by atoms with Crippen LogP contribution < -0.4 is 0 Å². The first-order valence-corrected chi connectivity index (χ1v) is 7.73. The zero-order valence-electron chi connectivity index (χ0n) is 10.2. The molecular weight excluding hydrogens is 254 g/mol. The summed E-state index contributed by atoms with van der Waals surface area (Å²) in [6.45, 7) is 0. The molecule has 2 rings (SSSR count). The SMILES string of the molecule is CS(=O)(=O)OC1CCC(O)(c2ccccn2)CC1. The van der Waals surface area contributed by atoms with Gasteiger partial charge < -0.3 is 5.11 Å². The van der Waals surface area contributed by atoms with Gasteiger partial charge in [0.25, 0.3) is 10.1 Å². The number of aromatic nitrogens is 1. The summed E-state index contributed by atoms with van der Waals surface area (Å²) in [7, 11) is -3.42. The quantitative estimate of drug-likeness (QED) is 0.836. The van der Waals surface area contributed by atoms with E-state index >= 15 is 0 Å². The van der Waals surface area contributed by atoms with Crippen molar-refractivity contribution in [3.63, 3.8) is 0 Å². The summed E-state index contributed by atoms with van der Waals surface area (Å²) in [5.74, 6) is 0. The van der Waals surface area contributed by atoms with Gasteiger partial charge in [-0.2, -0.15) is 8.42 Å². The minimum absolute atomic E-state index is 0.330. The van der Waals surface area contributed by atoms with E-state index in [9.17, 15) is 13.5 Å². The predicted octanol–water partition coefficient (Wildman–Crippen LogP) is 1.19. The average molecular weight is 271 g/mol. The normalized spacial score (nSPS) is 29.1. The molecular formula is C12H17NO4S. The summed E-state index contributed by atoms with van der Waals surface area (Å²) in [4.78, 5) is 4.16. The number of pyridine rings is 1. The largest absolute Gasteiger partial charge is 0.384 e. The van der Waals surface area contributed by atoms with E-state index in [-0.39, 0.29) is 6.10 Å². The standard InChI is InChI=1S/C12H17NO4S/c1-18(15,16)17-10-5-7-12(14,8-6-10)11-4-2-3-9-13-11/h2-4,9-10,14H,5-8H2,1H3. The second-order valence-electron chi connectivity index (χ2n) is 4.75. The summed E-state index contributed by atoms with van der Waals surface area (Å²) in [6.07, 6.45) is 4.32. The smallest absolute Gasteiger partial charge is 0.264 e. The van der Waals surface area contributed by atoms with Gasteiger partial charge in [0.15, 0.2) is 0 Å². The highest BCUT2D eigenvalue weighted by Crippen LogP contribution is 2.37. The Balaban J connectivity index is 2.02. The van der Waals surface area contributed by atoms with Crippen molar-refractivity contribution in [2.24, 2.45) is 0 Å². The van der Waals surface area contributed by atoms with Crippen molar-refractivity contribution in [3.8, 4) is 0 Å². The number of aliphatic hydroxyl groups is 1. The third-order valence-corrected chi connectivity index (χ3v) is 3.83. The third-order valence-electron chi connectivity index (χ3n) is 3.21. The molecule has 1 aliphatic rings. The summed E-state index contributed by atoms with van der Waals surface area (Å²) in [5.41, 5.74) is -0.318. The molecule has 0 spiro atoms. The summed E-state index contributed by atoms with van der Waals surface area (Å²) in [5, 5.41) is 10.5. The molecule has 0 bridgehead atoms. The maximum Gasteiger partial charge on any atom is 0.264 e. The van der Waals surface area contributed by atoms with Gasteiger partial charge in [0.05, 0.1) is 18.1 Å². The van der Waals surface area contributed by atoms with Crippen molar-refractivity contribution >= 4 is 10.1 Å². The molecule has 1 heterocycles. The molecule has 18 heavy (non-hydrogen) atoms. The van der Waals surface area contributed by atoms with Gasteiger partial charge in [-0.25, -0.2) is 0 Å². The molecule has 1 N–H and O–H groups in total. The van der Waals surface area contributed by atoms with E-state index in [2.05, 4.69) is 4.98 Å². The van der Waals surface area contributed by atoms with Crippen molar-refractivity contribution in [1.29, 1.82) is 0 Å². The Morgan fingerprint density at radius 3 is 2.56 bits per heavy atom. The molecule has 0 radical (unpaired) electrons. The predicted molar refractivity (Wildman–Crippen MR) is 66.3 cm³/mol. The van der Waals surface area contributed by atoms with E-state index in [4.69, 9.17) is 4.18 Å². The number of hydrogen-bond acceptors (Lipinski definition) is 5. The highest BCUT2D eigenvalue weighted by molar-refractivity contribution is 7.86. The van der Waals surface area contributed by atoms with Crippen molar-refractivity contribution in [2.45, 2.75) is 37.4 Å². The second-order valence-corrected chi connectivity index (χ2v) is 6.35. The van der Waals surface area contributed by atoms with Crippen LogP contribution in [0.1, 0.15) is 31.4 Å². The van der Waals surface area contributed by atoms with Crippen LogP contribution in [0, 0.1) is 0 Å². The van der Waals surface area contributed by atoms with Crippen LogP contribution in [0.25, 0.3) is 0 Å². The first-order chi connectivity index (χ1) is 8.39. The van der Waals surface area contributed by atoms with Gasteiger partial charge in [0.2, 0.25) is 0 Å². The number of nitrogens with zero attached hydrogens (tertiary/aromatic N) is 1. The van der Waals surface area contributed by atoms with Crippen LogP contribution in [0.15, 0.2) is 24.4 Å². The lowest BCUT2D eigenvalue weighted by atomic mass is 9.81. The lowest BCUT2D eigenvalue weighted by molar-refractivity contribution is -0.0322. The van der Waals surface area contributed by atoms with Crippen molar-refractivity contribution in [2.75, 3.05) is 6.26 Å². The summed E-state index contributed by atoms with van der Waals surface area (Å²) >= 11 is 0.